The number of ketones is 1. The molecule has 1 aromatic rings. The number of rotatable bonds is 8. The summed E-state index contributed by atoms with van der Waals surface area (Å²) in [6, 6.07) is 4.22. The Hall–Kier alpha value is -1.35. The molecule has 0 aliphatic heterocycles. The van der Waals surface area contributed by atoms with Gasteiger partial charge in [-0.15, -0.1) is 0 Å². The van der Waals surface area contributed by atoms with Crippen LogP contribution >= 0.6 is 0 Å². The van der Waals surface area contributed by atoms with Gasteiger partial charge in [0.1, 0.15) is 11.9 Å². The minimum Gasteiger partial charge on any atom is -0.496 e. The Labute approximate surface area is 127 Å². The first-order valence-corrected chi connectivity index (χ1v) is 8.05. The molecule has 0 amide bonds. The van der Waals surface area contributed by atoms with Gasteiger partial charge in [0.05, 0.1) is 7.11 Å². The highest BCUT2D eigenvalue weighted by molar-refractivity contribution is 5.85. The zero-order chi connectivity index (χ0) is 15.2. The van der Waals surface area contributed by atoms with Crippen LogP contribution in [0.15, 0.2) is 12.1 Å². The average Bonchev–Trinajstić information content (AvgIpc) is 2.97. The number of ether oxygens (including phenoxy) is 2. The lowest BCUT2D eigenvalue weighted by Gasteiger charge is -2.20. The molecule has 0 saturated heterocycles. The van der Waals surface area contributed by atoms with E-state index in [4.69, 9.17) is 9.47 Å². The first-order valence-electron chi connectivity index (χ1n) is 8.05. The van der Waals surface area contributed by atoms with Crippen molar-refractivity contribution in [3.63, 3.8) is 0 Å². The third kappa shape index (κ3) is 3.65. The zero-order valence-electron chi connectivity index (χ0n) is 13.4. The fourth-order valence-corrected chi connectivity index (χ4v) is 2.89. The quantitative estimate of drug-likeness (QED) is 0.678. The van der Waals surface area contributed by atoms with Crippen LogP contribution in [0.5, 0.6) is 5.75 Å². The number of benzene rings is 1. The Balaban J connectivity index is 2.31. The van der Waals surface area contributed by atoms with Gasteiger partial charge in [0.2, 0.25) is 0 Å². The van der Waals surface area contributed by atoms with E-state index in [1.54, 1.807) is 7.11 Å². The van der Waals surface area contributed by atoms with Crippen molar-refractivity contribution in [2.75, 3.05) is 13.7 Å². The standard InChI is InChI=1S/C18H26O3/c1-4-6-10-21-18(16(19)5-2)15-11-13-8-7-9-14(13)12-17(15)20-3/h11-12,18H,4-10H2,1-3H3. The third-order valence-corrected chi connectivity index (χ3v) is 4.15. The maximum atomic E-state index is 12.3. The van der Waals surface area contributed by atoms with Crippen LogP contribution in [0.1, 0.15) is 62.3 Å². The number of methoxy groups -OCH3 is 1. The lowest BCUT2D eigenvalue weighted by Crippen LogP contribution is -2.17. The van der Waals surface area contributed by atoms with Crippen LogP contribution in [0.25, 0.3) is 0 Å². The SMILES string of the molecule is CCCCOC(C(=O)CC)c1cc2c(cc1OC)CCC2. The monoisotopic (exact) mass is 290 g/mol. The molecular weight excluding hydrogens is 264 g/mol. The van der Waals surface area contributed by atoms with Gasteiger partial charge in [0, 0.05) is 18.6 Å². The van der Waals surface area contributed by atoms with E-state index in [9.17, 15) is 4.79 Å². The number of unbranched alkanes of at least 4 members (excludes halogenated alkanes) is 1. The van der Waals surface area contributed by atoms with Gasteiger partial charge >= 0.3 is 0 Å². The molecule has 0 spiro atoms. The largest absolute Gasteiger partial charge is 0.496 e. The number of hydrogen-bond acceptors (Lipinski definition) is 3. The molecule has 3 nitrogen and oxygen atoms in total. The average molecular weight is 290 g/mol. The van der Waals surface area contributed by atoms with E-state index in [1.807, 2.05) is 6.92 Å². The van der Waals surface area contributed by atoms with Gasteiger partial charge in [-0.05, 0) is 48.9 Å². The molecule has 1 unspecified atom stereocenters. The molecule has 0 aromatic heterocycles. The lowest BCUT2D eigenvalue weighted by molar-refractivity contribution is -0.130. The molecule has 21 heavy (non-hydrogen) atoms. The summed E-state index contributed by atoms with van der Waals surface area (Å²) < 4.78 is 11.4. The summed E-state index contributed by atoms with van der Waals surface area (Å²) in [5.41, 5.74) is 3.60. The van der Waals surface area contributed by atoms with Crippen molar-refractivity contribution in [3.8, 4) is 5.75 Å². The fourth-order valence-electron chi connectivity index (χ4n) is 2.89. The predicted octanol–water partition coefficient (Wildman–Crippen LogP) is 4.02. The van der Waals surface area contributed by atoms with Crippen molar-refractivity contribution < 1.29 is 14.3 Å². The molecule has 0 radical (unpaired) electrons. The van der Waals surface area contributed by atoms with Crippen LogP contribution in [-0.2, 0) is 22.4 Å². The Morgan fingerprint density at radius 2 is 1.95 bits per heavy atom. The molecule has 116 valence electrons. The third-order valence-electron chi connectivity index (χ3n) is 4.15. The molecule has 0 N–H and O–H groups in total. The molecule has 1 aromatic carbocycles. The van der Waals surface area contributed by atoms with E-state index in [2.05, 4.69) is 19.1 Å². The van der Waals surface area contributed by atoms with E-state index in [0.29, 0.717) is 13.0 Å². The van der Waals surface area contributed by atoms with E-state index in [1.165, 1.54) is 17.5 Å². The van der Waals surface area contributed by atoms with Crippen LogP contribution in [0, 0.1) is 0 Å². The van der Waals surface area contributed by atoms with Crippen molar-refractivity contribution in [1.29, 1.82) is 0 Å². The highest BCUT2D eigenvalue weighted by atomic mass is 16.5. The number of aryl methyl sites for hydroxylation is 2. The second-order valence-electron chi connectivity index (χ2n) is 5.64. The summed E-state index contributed by atoms with van der Waals surface area (Å²) in [6.07, 6.45) is 5.42. The molecular formula is C18H26O3. The summed E-state index contributed by atoms with van der Waals surface area (Å²) in [5.74, 6) is 0.918. The maximum absolute atomic E-state index is 12.3. The second-order valence-corrected chi connectivity index (χ2v) is 5.64. The Morgan fingerprint density at radius 3 is 2.57 bits per heavy atom. The minimum atomic E-state index is -0.484. The minimum absolute atomic E-state index is 0.127. The molecule has 1 atom stereocenters. The first kappa shape index (κ1) is 16.0. The van der Waals surface area contributed by atoms with E-state index in [0.717, 1.165) is 37.0 Å². The molecule has 0 heterocycles. The Bertz CT molecular complexity index is 493. The molecule has 1 aliphatic carbocycles. The fraction of sp³-hybridized carbons (Fsp3) is 0.611. The van der Waals surface area contributed by atoms with Crippen molar-refractivity contribution in [2.24, 2.45) is 0 Å². The van der Waals surface area contributed by atoms with Crippen molar-refractivity contribution >= 4 is 5.78 Å². The van der Waals surface area contributed by atoms with Crippen molar-refractivity contribution in [3.05, 3.63) is 28.8 Å². The predicted molar refractivity (Wildman–Crippen MR) is 83.9 cm³/mol. The van der Waals surface area contributed by atoms with Crippen molar-refractivity contribution in [1.82, 2.24) is 0 Å². The number of carbonyl (C=O) groups is 1. The second kappa shape index (κ2) is 7.60. The van der Waals surface area contributed by atoms with E-state index >= 15 is 0 Å². The zero-order valence-corrected chi connectivity index (χ0v) is 13.4. The molecule has 0 saturated carbocycles. The summed E-state index contributed by atoms with van der Waals surface area (Å²) in [5, 5.41) is 0. The van der Waals surface area contributed by atoms with Gasteiger partial charge in [-0.3, -0.25) is 4.79 Å². The van der Waals surface area contributed by atoms with Gasteiger partial charge in [0.15, 0.2) is 5.78 Å². The highest BCUT2D eigenvalue weighted by Crippen LogP contribution is 2.35. The van der Waals surface area contributed by atoms with Crippen LogP contribution in [0.4, 0.5) is 0 Å². The molecule has 2 rings (SSSR count). The maximum Gasteiger partial charge on any atom is 0.165 e. The Morgan fingerprint density at radius 1 is 1.24 bits per heavy atom. The van der Waals surface area contributed by atoms with Crippen molar-refractivity contribution in [2.45, 2.75) is 58.5 Å². The van der Waals surface area contributed by atoms with Gasteiger partial charge in [-0.25, -0.2) is 0 Å². The van der Waals surface area contributed by atoms with Crippen LogP contribution < -0.4 is 4.74 Å². The van der Waals surface area contributed by atoms with E-state index < -0.39 is 6.10 Å². The normalized spacial score (nSPS) is 14.8. The van der Waals surface area contributed by atoms with E-state index in [-0.39, 0.29) is 5.78 Å². The molecule has 3 heteroatoms. The number of carbonyl (C=O) groups excluding carboxylic acids is 1. The molecule has 0 bridgehead atoms. The van der Waals surface area contributed by atoms with Crippen LogP contribution in [0.3, 0.4) is 0 Å². The topological polar surface area (TPSA) is 35.5 Å². The lowest BCUT2D eigenvalue weighted by atomic mass is 9.98. The summed E-state index contributed by atoms with van der Waals surface area (Å²) in [6.45, 7) is 4.63. The molecule has 1 aliphatic rings. The summed E-state index contributed by atoms with van der Waals surface area (Å²) >= 11 is 0. The smallest absolute Gasteiger partial charge is 0.165 e. The highest BCUT2D eigenvalue weighted by Gasteiger charge is 2.26. The number of fused-ring (bicyclic) bond motifs is 1. The number of hydrogen-bond donors (Lipinski definition) is 0. The summed E-state index contributed by atoms with van der Waals surface area (Å²) in [4.78, 5) is 12.3. The summed E-state index contributed by atoms with van der Waals surface area (Å²) in [7, 11) is 1.67. The number of Topliss-reactive ketones (excluding diaryl/α,β-unsaturated/α-hetero) is 1. The Kier molecular flexibility index (Phi) is 5.80. The molecule has 0 fully saturated rings. The van der Waals surface area contributed by atoms with Gasteiger partial charge < -0.3 is 9.47 Å². The van der Waals surface area contributed by atoms with Crippen LogP contribution in [-0.4, -0.2) is 19.5 Å². The van der Waals surface area contributed by atoms with Gasteiger partial charge in [-0.1, -0.05) is 20.3 Å². The van der Waals surface area contributed by atoms with Gasteiger partial charge in [-0.2, -0.15) is 0 Å². The first-order chi connectivity index (χ1) is 10.2. The van der Waals surface area contributed by atoms with Crippen LogP contribution in [0.2, 0.25) is 0 Å². The van der Waals surface area contributed by atoms with Gasteiger partial charge in [0.25, 0.3) is 0 Å².